The van der Waals surface area contributed by atoms with Crippen LogP contribution in [0.25, 0.3) is 5.82 Å². The summed E-state index contributed by atoms with van der Waals surface area (Å²) < 4.78 is 35.5. The number of carbonyl (C=O) groups excluding carboxylic acids is 1. The molecule has 174 valence electrons. The minimum atomic E-state index is -3.80. The lowest BCUT2D eigenvalue weighted by molar-refractivity contribution is 0.101. The first-order chi connectivity index (χ1) is 16.1. The maximum absolute atomic E-state index is 12.6. The predicted molar refractivity (Wildman–Crippen MR) is 127 cm³/mol. The van der Waals surface area contributed by atoms with Gasteiger partial charge in [-0.3, -0.25) is 14.1 Å². The molecule has 0 fully saturated rings. The Morgan fingerprint density at radius 3 is 2.24 bits per heavy atom. The number of anilines is 1. The molecule has 4 rings (SSSR count). The lowest BCUT2D eigenvalue weighted by Gasteiger charge is -2.11. The van der Waals surface area contributed by atoms with Crippen LogP contribution in [0.1, 0.15) is 34.5 Å². The van der Waals surface area contributed by atoms with Gasteiger partial charge in [0.1, 0.15) is 23.7 Å². The van der Waals surface area contributed by atoms with E-state index in [9.17, 15) is 13.2 Å². The van der Waals surface area contributed by atoms with Gasteiger partial charge in [0, 0.05) is 23.0 Å². The fourth-order valence-corrected chi connectivity index (χ4v) is 4.28. The van der Waals surface area contributed by atoms with Gasteiger partial charge in [-0.25, -0.2) is 18.4 Å². The molecule has 0 radical (unpaired) electrons. The van der Waals surface area contributed by atoms with E-state index in [1.165, 1.54) is 31.2 Å². The zero-order valence-electron chi connectivity index (χ0n) is 19.1. The number of nitrogens with one attached hydrogen (secondary N) is 1. The first-order valence-electron chi connectivity index (χ1n) is 10.4. The molecule has 2 aromatic heterocycles. The molecule has 1 N–H and O–H groups in total. The molecular weight excluding hydrogens is 454 g/mol. The molecule has 9 nitrogen and oxygen atoms in total. The average molecular weight is 478 g/mol. The van der Waals surface area contributed by atoms with Gasteiger partial charge in [-0.2, -0.15) is 4.98 Å². The van der Waals surface area contributed by atoms with Crippen LogP contribution in [0.3, 0.4) is 0 Å². The van der Waals surface area contributed by atoms with Crippen molar-refractivity contribution in [3.8, 4) is 17.4 Å². The van der Waals surface area contributed by atoms with E-state index in [1.807, 2.05) is 18.4 Å². The summed E-state index contributed by atoms with van der Waals surface area (Å²) in [6.07, 6.45) is 1.70. The summed E-state index contributed by atoms with van der Waals surface area (Å²) >= 11 is 0. The summed E-state index contributed by atoms with van der Waals surface area (Å²) in [5.74, 6) is 1.89. The van der Waals surface area contributed by atoms with Gasteiger partial charge in [0.2, 0.25) is 5.88 Å². The van der Waals surface area contributed by atoms with Crippen molar-refractivity contribution < 1.29 is 17.9 Å². The van der Waals surface area contributed by atoms with Crippen LogP contribution in [0.5, 0.6) is 11.6 Å². The molecule has 0 unspecified atom stereocenters. The number of ketones is 1. The second-order valence-electron chi connectivity index (χ2n) is 7.71. The number of nitrogens with zero attached hydrogens (tertiary/aromatic N) is 4. The molecule has 0 saturated heterocycles. The summed E-state index contributed by atoms with van der Waals surface area (Å²) in [5, 5.41) is 0. The standard InChI is InChI=1S/C24H23N5O4S/c1-15-16(2)29(14-25-15)23-13-24(27-18(4)26-23)33-21-9-7-20(8-10-21)28-34(31,32)22-11-5-19(6-12-22)17(3)30/h5-14,28H,1-4H3. The van der Waals surface area contributed by atoms with Crippen LogP contribution in [0.4, 0.5) is 5.69 Å². The molecule has 2 heterocycles. The maximum atomic E-state index is 12.6. The van der Waals surface area contributed by atoms with Crippen molar-refractivity contribution in [3.05, 3.63) is 83.7 Å². The van der Waals surface area contributed by atoms with Crippen molar-refractivity contribution in [3.63, 3.8) is 0 Å². The van der Waals surface area contributed by atoms with Gasteiger partial charge in [0.05, 0.1) is 10.6 Å². The summed E-state index contributed by atoms with van der Waals surface area (Å²) in [6.45, 7) is 7.08. The number of hydrogen-bond donors (Lipinski definition) is 1. The largest absolute Gasteiger partial charge is 0.439 e. The highest BCUT2D eigenvalue weighted by Gasteiger charge is 2.15. The fraction of sp³-hybridized carbons (Fsp3) is 0.167. The minimum absolute atomic E-state index is 0.0619. The van der Waals surface area contributed by atoms with Gasteiger partial charge in [0.25, 0.3) is 10.0 Å². The third kappa shape index (κ3) is 4.96. The molecule has 0 aliphatic heterocycles. The molecule has 0 atom stereocenters. The molecule has 0 aliphatic carbocycles. The third-order valence-electron chi connectivity index (χ3n) is 5.20. The topological polar surface area (TPSA) is 116 Å². The van der Waals surface area contributed by atoms with Crippen LogP contribution in [0.2, 0.25) is 0 Å². The zero-order chi connectivity index (χ0) is 24.5. The number of imidazole rings is 1. The van der Waals surface area contributed by atoms with E-state index in [2.05, 4.69) is 19.7 Å². The summed E-state index contributed by atoms with van der Waals surface area (Å²) in [7, 11) is -3.80. The van der Waals surface area contributed by atoms with Crippen LogP contribution < -0.4 is 9.46 Å². The molecule has 34 heavy (non-hydrogen) atoms. The van der Waals surface area contributed by atoms with Crippen LogP contribution in [-0.4, -0.2) is 33.7 Å². The van der Waals surface area contributed by atoms with E-state index in [-0.39, 0.29) is 10.7 Å². The van der Waals surface area contributed by atoms with E-state index in [0.717, 1.165) is 11.4 Å². The summed E-state index contributed by atoms with van der Waals surface area (Å²) in [6, 6.07) is 13.9. The number of sulfonamides is 1. The summed E-state index contributed by atoms with van der Waals surface area (Å²) in [4.78, 5) is 24.5. The Kier molecular flexibility index (Phi) is 6.16. The smallest absolute Gasteiger partial charge is 0.261 e. The Labute approximate surface area is 197 Å². The Balaban J connectivity index is 1.50. The molecule has 4 aromatic rings. The Morgan fingerprint density at radius 1 is 0.971 bits per heavy atom. The van der Waals surface area contributed by atoms with Crippen molar-refractivity contribution in [2.45, 2.75) is 32.6 Å². The molecule has 0 saturated carbocycles. The van der Waals surface area contributed by atoms with Crippen molar-refractivity contribution in [1.82, 2.24) is 19.5 Å². The first kappa shape index (κ1) is 23.1. The van der Waals surface area contributed by atoms with Gasteiger partial charge in [-0.1, -0.05) is 12.1 Å². The second-order valence-corrected chi connectivity index (χ2v) is 9.39. The van der Waals surface area contributed by atoms with Crippen molar-refractivity contribution in [2.24, 2.45) is 0 Å². The SMILES string of the molecule is CC(=O)c1ccc(S(=O)(=O)Nc2ccc(Oc3cc(-n4cnc(C)c4C)nc(C)n3)cc2)cc1. The normalized spacial score (nSPS) is 11.3. The maximum Gasteiger partial charge on any atom is 0.261 e. The molecule has 0 bridgehead atoms. The van der Waals surface area contributed by atoms with E-state index >= 15 is 0 Å². The van der Waals surface area contributed by atoms with Gasteiger partial charge in [-0.15, -0.1) is 0 Å². The number of benzene rings is 2. The molecule has 0 aliphatic rings. The lowest BCUT2D eigenvalue weighted by Crippen LogP contribution is -2.13. The monoisotopic (exact) mass is 477 g/mol. The molecule has 2 aromatic carbocycles. The predicted octanol–water partition coefficient (Wildman–Crippen LogP) is 4.38. The average Bonchev–Trinajstić information content (AvgIpc) is 3.13. The first-order valence-corrected chi connectivity index (χ1v) is 11.9. The highest BCUT2D eigenvalue weighted by atomic mass is 32.2. The number of aromatic nitrogens is 4. The van der Waals surface area contributed by atoms with E-state index in [1.54, 1.807) is 43.6 Å². The van der Waals surface area contributed by atoms with Crippen molar-refractivity contribution in [2.75, 3.05) is 4.72 Å². The minimum Gasteiger partial charge on any atom is -0.439 e. The second kappa shape index (κ2) is 9.06. The fourth-order valence-electron chi connectivity index (χ4n) is 3.23. The Bertz CT molecular complexity index is 1460. The number of ether oxygens (including phenoxy) is 1. The van der Waals surface area contributed by atoms with Crippen molar-refractivity contribution >= 4 is 21.5 Å². The number of carbonyl (C=O) groups is 1. The highest BCUT2D eigenvalue weighted by Crippen LogP contribution is 2.25. The quantitative estimate of drug-likeness (QED) is 0.393. The van der Waals surface area contributed by atoms with Crippen LogP contribution in [0, 0.1) is 20.8 Å². The zero-order valence-corrected chi connectivity index (χ0v) is 19.9. The highest BCUT2D eigenvalue weighted by molar-refractivity contribution is 7.92. The van der Waals surface area contributed by atoms with Gasteiger partial charge in [0.15, 0.2) is 5.78 Å². The summed E-state index contributed by atoms with van der Waals surface area (Å²) in [5.41, 5.74) is 2.69. The van der Waals surface area contributed by atoms with Crippen LogP contribution >= 0.6 is 0 Å². The van der Waals surface area contributed by atoms with Gasteiger partial charge < -0.3 is 4.74 Å². The molecular formula is C24H23N5O4S. The molecule has 0 amide bonds. The van der Waals surface area contributed by atoms with Gasteiger partial charge >= 0.3 is 0 Å². The number of aryl methyl sites for hydroxylation is 2. The van der Waals surface area contributed by atoms with Crippen LogP contribution in [0.15, 0.2) is 65.8 Å². The molecule has 0 spiro atoms. The third-order valence-corrected chi connectivity index (χ3v) is 6.60. The van der Waals surface area contributed by atoms with E-state index in [0.29, 0.717) is 34.5 Å². The lowest BCUT2D eigenvalue weighted by atomic mass is 10.2. The molecule has 10 heteroatoms. The Hall–Kier alpha value is -4.05. The van der Waals surface area contributed by atoms with Crippen LogP contribution in [-0.2, 0) is 10.0 Å². The van der Waals surface area contributed by atoms with E-state index < -0.39 is 10.0 Å². The number of Topliss-reactive ketones (excluding diaryl/α,β-unsaturated/α-hetero) is 1. The number of hydrogen-bond acceptors (Lipinski definition) is 7. The number of rotatable bonds is 7. The van der Waals surface area contributed by atoms with Gasteiger partial charge in [-0.05, 0) is 64.1 Å². The van der Waals surface area contributed by atoms with E-state index in [4.69, 9.17) is 4.74 Å². The Morgan fingerprint density at radius 2 is 1.65 bits per heavy atom. The van der Waals surface area contributed by atoms with Crippen molar-refractivity contribution in [1.29, 1.82) is 0 Å².